The molecule has 1 saturated carbocycles. The van der Waals surface area contributed by atoms with Crippen molar-refractivity contribution in [3.63, 3.8) is 0 Å². The van der Waals surface area contributed by atoms with Crippen LogP contribution in [-0.2, 0) is 37.1 Å². The minimum Gasteiger partial charge on any atom is -0.490 e. The molecule has 240 valence electrons. The highest BCUT2D eigenvalue weighted by Gasteiger charge is 2.57. The number of fused-ring (bicyclic) bond motifs is 2. The van der Waals surface area contributed by atoms with Crippen molar-refractivity contribution in [1.82, 2.24) is 9.29 Å². The number of benzene rings is 1. The summed E-state index contributed by atoms with van der Waals surface area (Å²) >= 11 is 1.20. The predicted octanol–water partition coefficient (Wildman–Crippen LogP) is 5.78. The van der Waals surface area contributed by atoms with Gasteiger partial charge >= 0.3 is 6.18 Å². The normalized spacial score (nSPS) is 21.0. The molecular weight excluding hydrogens is 640 g/mol. The molecule has 44 heavy (non-hydrogen) atoms. The highest BCUT2D eigenvalue weighted by atomic mass is 32.2. The molecule has 0 bridgehead atoms. The summed E-state index contributed by atoms with van der Waals surface area (Å²) in [5.74, 6) is 0.0861. The van der Waals surface area contributed by atoms with Gasteiger partial charge in [-0.3, -0.25) is 9.17 Å². The number of hydrogen-bond acceptors (Lipinski definition) is 9. The zero-order valence-corrected chi connectivity index (χ0v) is 27.2. The summed E-state index contributed by atoms with van der Waals surface area (Å²) in [5.41, 5.74) is 0.375. The number of anilines is 1. The Morgan fingerprint density at radius 2 is 1.84 bits per heavy atom. The number of sulfonamides is 1. The van der Waals surface area contributed by atoms with E-state index in [0.717, 1.165) is 37.7 Å². The second-order valence-electron chi connectivity index (χ2n) is 12.7. The monoisotopic (exact) mass is 673 g/mol. The quantitative estimate of drug-likeness (QED) is 0.303. The van der Waals surface area contributed by atoms with E-state index < -0.39 is 42.2 Å². The molecule has 3 aliphatic rings. The van der Waals surface area contributed by atoms with Crippen LogP contribution in [0.5, 0.6) is 5.75 Å². The maximum absolute atomic E-state index is 14.2. The second kappa shape index (κ2) is 10.5. The second-order valence-corrected chi connectivity index (χ2v) is 18.1. The van der Waals surface area contributed by atoms with Gasteiger partial charge in [0.05, 0.1) is 39.0 Å². The Kier molecular flexibility index (Phi) is 7.55. The number of nitrogens with zero attached hydrogens (tertiary/aromatic N) is 3. The molecule has 4 heterocycles. The predicted molar refractivity (Wildman–Crippen MR) is 163 cm³/mol. The molecule has 2 aromatic heterocycles. The Morgan fingerprint density at radius 3 is 2.45 bits per heavy atom. The Balaban J connectivity index is 1.48. The van der Waals surface area contributed by atoms with Crippen molar-refractivity contribution in [2.45, 2.75) is 75.6 Å². The Hall–Kier alpha value is -2.46. The molecule has 0 unspecified atom stereocenters. The molecule has 3 aromatic rings. The number of alkyl halides is 3. The Labute approximate surface area is 259 Å². The van der Waals surface area contributed by atoms with Crippen LogP contribution in [0.2, 0.25) is 0 Å². The first-order valence-electron chi connectivity index (χ1n) is 14.3. The van der Waals surface area contributed by atoms with Gasteiger partial charge in [-0.05, 0) is 70.7 Å². The number of pyridine rings is 1. The average Bonchev–Trinajstić information content (AvgIpc) is 3.52. The van der Waals surface area contributed by atoms with Crippen LogP contribution in [-0.4, -0.2) is 68.4 Å². The van der Waals surface area contributed by atoms with E-state index in [1.54, 1.807) is 37.2 Å². The van der Waals surface area contributed by atoms with Crippen molar-refractivity contribution in [3.05, 3.63) is 40.9 Å². The maximum atomic E-state index is 14.2. The third-order valence-corrected chi connectivity index (χ3v) is 13.1. The molecule has 0 N–H and O–H groups in total. The number of rotatable bonds is 6. The fraction of sp³-hybridized carbons (Fsp3) is 0.552. The lowest BCUT2D eigenvalue weighted by molar-refractivity contribution is -0.137. The number of ether oxygens (including phenoxy) is 1. The van der Waals surface area contributed by atoms with Crippen LogP contribution in [0.25, 0.3) is 21.3 Å². The number of thiophene rings is 1. The topological polar surface area (TPSA) is 106 Å². The maximum Gasteiger partial charge on any atom is 0.416 e. The molecule has 1 aromatic carbocycles. The molecule has 15 heteroatoms. The van der Waals surface area contributed by atoms with E-state index in [9.17, 15) is 30.0 Å². The zero-order chi connectivity index (χ0) is 31.9. The summed E-state index contributed by atoms with van der Waals surface area (Å²) in [4.78, 5) is 6.95. The lowest BCUT2D eigenvalue weighted by Crippen LogP contribution is -2.56. The molecular formula is C29H34F3N3O6S3. The number of aromatic nitrogens is 1. The van der Waals surface area contributed by atoms with Crippen LogP contribution in [0.4, 0.5) is 18.9 Å². The van der Waals surface area contributed by atoms with Gasteiger partial charge in [-0.15, -0.1) is 11.3 Å². The smallest absolute Gasteiger partial charge is 0.416 e. The summed E-state index contributed by atoms with van der Waals surface area (Å²) in [6, 6.07) is 5.15. The lowest BCUT2D eigenvalue weighted by atomic mass is 9.75. The standard InChI is InChI=1S/C29H34F3N3O6S3/c1-27(2,3)44(38,39)35-16-19(15-28(35)7-5-8-28)34-10-11-40-24-13-18(29(30,31)32)12-22(25(24)34)21-6-9-33-23-14-20(42-26(21)23)17-41-43(4,36)37/h6,9,12-14,19H,5,7-8,10-11,15-17H2,1-4H3/t19-/m1/s1. The van der Waals surface area contributed by atoms with Crippen molar-refractivity contribution in [3.8, 4) is 16.9 Å². The summed E-state index contributed by atoms with van der Waals surface area (Å²) in [7, 11) is -7.37. The molecule has 9 nitrogen and oxygen atoms in total. The molecule has 1 spiro atoms. The van der Waals surface area contributed by atoms with E-state index in [2.05, 4.69) is 4.98 Å². The zero-order valence-electron chi connectivity index (χ0n) is 24.8. The summed E-state index contributed by atoms with van der Waals surface area (Å²) < 4.78 is 105. The fourth-order valence-corrected chi connectivity index (χ4v) is 9.74. The van der Waals surface area contributed by atoms with Crippen LogP contribution in [0, 0.1) is 0 Å². The molecule has 1 saturated heterocycles. The van der Waals surface area contributed by atoms with E-state index in [-0.39, 0.29) is 31.5 Å². The van der Waals surface area contributed by atoms with Gasteiger partial charge in [0.1, 0.15) is 19.0 Å². The number of halogens is 3. The van der Waals surface area contributed by atoms with Gasteiger partial charge in [-0.2, -0.15) is 25.9 Å². The third kappa shape index (κ3) is 5.48. The third-order valence-electron chi connectivity index (χ3n) is 8.76. The Morgan fingerprint density at radius 1 is 1.11 bits per heavy atom. The number of hydrogen-bond donors (Lipinski definition) is 0. The van der Waals surface area contributed by atoms with Gasteiger partial charge in [0, 0.05) is 40.3 Å². The minimum atomic E-state index is -4.65. The molecule has 0 radical (unpaired) electrons. The van der Waals surface area contributed by atoms with Crippen LogP contribution in [0.3, 0.4) is 0 Å². The fourth-order valence-electron chi connectivity index (χ4n) is 6.47. The summed E-state index contributed by atoms with van der Waals surface area (Å²) in [6.07, 6.45) is 0.775. The largest absolute Gasteiger partial charge is 0.490 e. The first-order chi connectivity index (χ1) is 20.4. The van der Waals surface area contributed by atoms with Gasteiger partial charge in [0.2, 0.25) is 10.0 Å². The minimum absolute atomic E-state index is 0.0861. The van der Waals surface area contributed by atoms with E-state index in [4.69, 9.17) is 8.92 Å². The van der Waals surface area contributed by atoms with Crippen LogP contribution in [0.15, 0.2) is 30.5 Å². The molecule has 0 amide bonds. The molecule has 1 atom stereocenters. The summed E-state index contributed by atoms with van der Waals surface area (Å²) in [5, 5.41) is 0. The van der Waals surface area contributed by atoms with Gasteiger partial charge in [-0.1, -0.05) is 0 Å². The highest BCUT2D eigenvalue weighted by Crippen LogP contribution is 2.53. The molecule has 1 aliphatic carbocycles. The van der Waals surface area contributed by atoms with Gasteiger partial charge in [0.25, 0.3) is 10.1 Å². The van der Waals surface area contributed by atoms with Crippen molar-refractivity contribution >= 4 is 47.4 Å². The van der Waals surface area contributed by atoms with Gasteiger partial charge < -0.3 is 9.64 Å². The average molecular weight is 674 g/mol. The van der Waals surface area contributed by atoms with E-state index in [1.165, 1.54) is 17.5 Å². The van der Waals surface area contributed by atoms with E-state index in [0.29, 0.717) is 44.9 Å². The van der Waals surface area contributed by atoms with E-state index >= 15 is 0 Å². The van der Waals surface area contributed by atoms with Crippen LogP contribution < -0.4 is 9.64 Å². The van der Waals surface area contributed by atoms with E-state index in [1.807, 2.05) is 4.90 Å². The van der Waals surface area contributed by atoms with Gasteiger partial charge in [-0.25, -0.2) is 8.42 Å². The van der Waals surface area contributed by atoms with Crippen molar-refractivity contribution in [2.24, 2.45) is 0 Å². The van der Waals surface area contributed by atoms with Crippen molar-refractivity contribution < 1.29 is 38.9 Å². The van der Waals surface area contributed by atoms with Crippen LogP contribution >= 0.6 is 11.3 Å². The lowest BCUT2D eigenvalue weighted by Gasteiger charge is -2.46. The Bertz CT molecular complexity index is 1830. The van der Waals surface area contributed by atoms with Crippen LogP contribution in [0.1, 0.15) is 56.9 Å². The SMILES string of the molecule is CC(C)(C)S(=O)(=O)N1C[C@H](N2CCOc3cc(C(F)(F)F)cc(-c4ccnc5cc(COS(C)(=O)=O)sc45)c32)CC12CCC2. The van der Waals surface area contributed by atoms with Crippen molar-refractivity contribution in [1.29, 1.82) is 0 Å². The summed E-state index contributed by atoms with van der Waals surface area (Å²) in [6.45, 7) is 5.60. The highest BCUT2D eigenvalue weighted by molar-refractivity contribution is 7.90. The first kappa shape index (κ1) is 31.5. The molecule has 6 rings (SSSR count). The first-order valence-corrected chi connectivity index (χ1v) is 18.4. The molecule has 2 aliphatic heterocycles. The van der Waals surface area contributed by atoms with Crippen molar-refractivity contribution in [2.75, 3.05) is 30.9 Å². The van der Waals surface area contributed by atoms with Gasteiger partial charge in [0.15, 0.2) is 0 Å². The molecule has 2 fully saturated rings.